The van der Waals surface area contributed by atoms with Gasteiger partial charge in [-0.15, -0.1) is 12.8 Å². The minimum Gasteiger partial charge on any atom is -1.00 e. The van der Waals surface area contributed by atoms with E-state index >= 15 is 0 Å². The number of allylic oxidation sites excluding steroid dienone is 8. The van der Waals surface area contributed by atoms with Crippen LogP contribution in [0.4, 0.5) is 0 Å². The van der Waals surface area contributed by atoms with Crippen LogP contribution in [-0.4, -0.2) is 0 Å². The third-order valence-corrected chi connectivity index (χ3v) is 1.73. The molecule has 15 heavy (non-hydrogen) atoms. The summed E-state index contributed by atoms with van der Waals surface area (Å²) in [6.45, 7) is 2.15. The van der Waals surface area contributed by atoms with Crippen molar-refractivity contribution in [2.24, 2.45) is 0 Å². The van der Waals surface area contributed by atoms with Crippen LogP contribution in [0, 0.1) is 12.2 Å². The summed E-state index contributed by atoms with van der Waals surface area (Å²) in [4.78, 5) is 0. The van der Waals surface area contributed by atoms with E-state index in [1.54, 1.807) is 0 Å². The van der Waals surface area contributed by atoms with Crippen LogP contribution in [0.15, 0.2) is 36.0 Å². The summed E-state index contributed by atoms with van der Waals surface area (Å²) in [7, 11) is 0. The zero-order chi connectivity index (χ0) is 8.65. The van der Waals surface area contributed by atoms with E-state index in [2.05, 4.69) is 37.3 Å². The molecule has 0 aromatic carbocycles. The Kier molecular flexibility index (Phi) is 20.0. The van der Waals surface area contributed by atoms with E-state index in [-0.39, 0.29) is 51.0 Å². The molecule has 0 N–H and O–H groups in total. The molecule has 0 aromatic rings. The summed E-state index contributed by atoms with van der Waals surface area (Å²) in [5, 5.41) is 0. The first-order chi connectivity index (χ1) is 5.93. The third kappa shape index (κ3) is 10.7. The molecule has 0 radical (unpaired) electrons. The van der Waals surface area contributed by atoms with Crippen molar-refractivity contribution in [3.8, 4) is 0 Å². The molecule has 0 atom stereocenters. The molecule has 0 bridgehead atoms. The zero-order valence-corrected chi connectivity index (χ0v) is 12.7. The van der Waals surface area contributed by atoms with Crippen LogP contribution in [0.5, 0.6) is 0 Å². The summed E-state index contributed by atoms with van der Waals surface area (Å²) in [5.74, 6) is 0. The molecule has 0 saturated carbocycles. The molecule has 0 heterocycles. The largest absolute Gasteiger partial charge is 4.00 e. The van der Waals surface area contributed by atoms with Gasteiger partial charge in [-0.1, -0.05) is 13.3 Å². The van der Waals surface area contributed by atoms with Gasteiger partial charge in [-0.05, 0) is 0 Å². The second-order valence-corrected chi connectivity index (χ2v) is 2.67. The Morgan fingerprint density at radius 3 is 2.13 bits per heavy atom. The maximum atomic E-state index is 3.21. The van der Waals surface area contributed by atoms with Crippen molar-refractivity contribution in [3.05, 3.63) is 48.1 Å². The standard InChI is InChI=1S/C7H9.C5H5.2ClH.Zr/c1-2-7-5-3-4-6-7;1-2-4-5-3-1;;;/h3,5H,2,4H2,1H3;1-3H,4H2;2*1H;/q2*-1;;;+4/p-2. The minimum atomic E-state index is 0. The quantitative estimate of drug-likeness (QED) is 0.465. The third-order valence-electron chi connectivity index (χ3n) is 1.73. The number of halogens is 2. The van der Waals surface area contributed by atoms with Crippen molar-refractivity contribution < 1.29 is 51.0 Å². The Morgan fingerprint density at radius 2 is 1.93 bits per heavy atom. The van der Waals surface area contributed by atoms with Gasteiger partial charge < -0.3 is 24.8 Å². The van der Waals surface area contributed by atoms with Gasteiger partial charge in [-0.2, -0.15) is 12.2 Å². The first kappa shape index (κ1) is 20.8. The van der Waals surface area contributed by atoms with Crippen molar-refractivity contribution >= 4 is 0 Å². The number of rotatable bonds is 1. The van der Waals surface area contributed by atoms with Gasteiger partial charge in [0.05, 0.1) is 0 Å². The van der Waals surface area contributed by atoms with Gasteiger partial charge in [0.1, 0.15) is 0 Å². The smallest absolute Gasteiger partial charge is 1.00 e. The van der Waals surface area contributed by atoms with E-state index in [9.17, 15) is 0 Å². The molecule has 0 aromatic heterocycles. The van der Waals surface area contributed by atoms with Crippen molar-refractivity contribution in [3.63, 3.8) is 0 Å². The van der Waals surface area contributed by atoms with E-state index in [0.717, 1.165) is 19.3 Å². The average Bonchev–Trinajstić information content (AvgIpc) is 2.81. The Hall–Kier alpha value is 0.423. The Labute approximate surface area is 125 Å². The van der Waals surface area contributed by atoms with Gasteiger partial charge >= 0.3 is 26.2 Å². The van der Waals surface area contributed by atoms with E-state index in [0.29, 0.717) is 0 Å². The van der Waals surface area contributed by atoms with Gasteiger partial charge in [-0.3, -0.25) is 12.2 Å². The predicted molar refractivity (Wildman–Crippen MR) is 52.4 cm³/mol. The molecular formula is C12H14Cl2Zr. The van der Waals surface area contributed by atoms with Crippen LogP contribution in [0.25, 0.3) is 0 Å². The van der Waals surface area contributed by atoms with E-state index in [1.807, 2.05) is 12.2 Å². The fourth-order valence-corrected chi connectivity index (χ4v) is 1.03. The van der Waals surface area contributed by atoms with Gasteiger partial charge in [0, 0.05) is 0 Å². The zero-order valence-electron chi connectivity index (χ0n) is 8.76. The fourth-order valence-electron chi connectivity index (χ4n) is 1.03. The first-order valence-corrected chi connectivity index (χ1v) is 4.41. The van der Waals surface area contributed by atoms with Crippen molar-refractivity contribution in [2.75, 3.05) is 0 Å². The van der Waals surface area contributed by atoms with Crippen LogP contribution >= 0.6 is 0 Å². The summed E-state index contributed by atoms with van der Waals surface area (Å²) in [6, 6.07) is 0. The van der Waals surface area contributed by atoms with Gasteiger partial charge in [-0.25, -0.2) is 23.8 Å². The van der Waals surface area contributed by atoms with E-state index in [4.69, 9.17) is 0 Å². The normalized spacial score (nSPS) is 14.1. The second kappa shape index (κ2) is 14.4. The van der Waals surface area contributed by atoms with Crippen LogP contribution in [0.1, 0.15) is 26.2 Å². The summed E-state index contributed by atoms with van der Waals surface area (Å²) in [5.41, 5.74) is 1.36. The first-order valence-electron chi connectivity index (χ1n) is 4.41. The molecule has 0 unspecified atom stereocenters. The molecule has 0 amide bonds. The van der Waals surface area contributed by atoms with E-state index in [1.165, 1.54) is 5.57 Å². The molecule has 0 saturated heterocycles. The van der Waals surface area contributed by atoms with Gasteiger partial charge in [0.15, 0.2) is 0 Å². The molecule has 2 aliphatic rings. The Bertz CT molecular complexity index is 230. The molecular weight excluding hydrogens is 306 g/mol. The van der Waals surface area contributed by atoms with Crippen molar-refractivity contribution in [1.82, 2.24) is 0 Å². The molecule has 0 nitrogen and oxygen atoms in total. The molecule has 80 valence electrons. The van der Waals surface area contributed by atoms with Crippen LogP contribution in [0.2, 0.25) is 0 Å². The van der Waals surface area contributed by atoms with Crippen molar-refractivity contribution in [2.45, 2.75) is 26.2 Å². The Balaban J connectivity index is -0.000000165. The average molecular weight is 320 g/mol. The molecule has 2 aliphatic carbocycles. The number of hydrogen-bond donors (Lipinski definition) is 0. The maximum Gasteiger partial charge on any atom is 4.00 e. The Morgan fingerprint density at radius 1 is 1.20 bits per heavy atom. The second-order valence-electron chi connectivity index (χ2n) is 2.67. The molecule has 0 fully saturated rings. The molecule has 3 heteroatoms. The van der Waals surface area contributed by atoms with Crippen LogP contribution < -0.4 is 24.8 Å². The maximum absolute atomic E-state index is 3.21. The van der Waals surface area contributed by atoms with Crippen molar-refractivity contribution in [1.29, 1.82) is 0 Å². The molecule has 0 aliphatic heterocycles. The molecule has 2 rings (SSSR count). The van der Waals surface area contributed by atoms with Crippen LogP contribution in [0.3, 0.4) is 0 Å². The van der Waals surface area contributed by atoms with Crippen LogP contribution in [-0.2, 0) is 26.2 Å². The summed E-state index contributed by atoms with van der Waals surface area (Å²) in [6.07, 6.45) is 19.7. The van der Waals surface area contributed by atoms with Gasteiger partial charge in [0.25, 0.3) is 0 Å². The molecule has 0 spiro atoms. The topological polar surface area (TPSA) is 0 Å². The summed E-state index contributed by atoms with van der Waals surface area (Å²) < 4.78 is 0. The van der Waals surface area contributed by atoms with Gasteiger partial charge in [0.2, 0.25) is 0 Å². The van der Waals surface area contributed by atoms with E-state index < -0.39 is 0 Å². The summed E-state index contributed by atoms with van der Waals surface area (Å²) >= 11 is 0. The fraction of sp³-hybridized carbons (Fsp3) is 0.333. The monoisotopic (exact) mass is 318 g/mol. The minimum absolute atomic E-state index is 0. The number of hydrogen-bond acceptors (Lipinski definition) is 0. The SMILES string of the molecule is CCC1=[C-]CC=C1.[C-]1=CC=CC1.[Cl-].[Cl-].[Zr+4]. The predicted octanol–water partition coefficient (Wildman–Crippen LogP) is -2.60.